The highest BCUT2D eigenvalue weighted by atomic mass is 35.5. The quantitative estimate of drug-likeness (QED) is 0.310. The first kappa shape index (κ1) is 23.3. The maximum Gasteiger partial charge on any atom is 0.263 e. The largest absolute Gasteiger partial charge is 0.394 e. The Kier molecular flexibility index (Phi) is 7.77. The van der Waals surface area contributed by atoms with E-state index < -0.39 is 10.0 Å². The van der Waals surface area contributed by atoms with Crippen LogP contribution in [-0.2, 0) is 15.8 Å². The average molecular weight is 479 g/mol. The fourth-order valence-corrected chi connectivity index (χ4v) is 5.01. The van der Waals surface area contributed by atoms with E-state index in [4.69, 9.17) is 11.6 Å². The summed E-state index contributed by atoms with van der Waals surface area (Å²) in [6.45, 7) is 3.34. The summed E-state index contributed by atoms with van der Waals surface area (Å²) >= 11 is 7.47. The van der Waals surface area contributed by atoms with Crippen molar-refractivity contribution in [1.29, 1.82) is 0 Å². The van der Waals surface area contributed by atoms with Crippen LogP contribution < -0.4 is 10.0 Å². The molecule has 0 aliphatic heterocycles. The van der Waals surface area contributed by atoms with Crippen LogP contribution in [0.5, 0.6) is 0 Å². The number of benzene rings is 2. The van der Waals surface area contributed by atoms with Gasteiger partial charge in [-0.25, -0.2) is 18.4 Å². The Bertz CT molecular complexity index is 1140. The Morgan fingerprint density at radius 2 is 1.81 bits per heavy atom. The minimum absolute atomic E-state index is 0.0790. The Morgan fingerprint density at radius 1 is 1.10 bits per heavy atom. The molecule has 0 radical (unpaired) electrons. The van der Waals surface area contributed by atoms with E-state index in [2.05, 4.69) is 20.0 Å². The van der Waals surface area contributed by atoms with Gasteiger partial charge in [0.1, 0.15) is 11.6 Å². The molecule has 2 aromatic carbocycles. The molecule has 3 rings (SSSR count). The van der Waals surface area contributed by atoms with Gasteiger partial charge >= 0.3 is 0 Å². The molecule has 0 amide bonds. The molecule has 0 fully saturated rings. The number of aromatic nitrogens is 2. The zero-order chi connectivity index (χ0) is 22.4. The summed E-state index contributed by atoms with van der Waals surface area (Å²) in [6.07, 6.45) is 0. The molecule has 0 saturated carbocycles. The third-order valence-electron chi connectivity index (χ3n) is 4.33. The number of aliphatic hydroxyl groups is 1. The highest BCUT2D eigenvalue weighted by molar-refractivity contribution is 7.98. The lowest BCUT2D eigenvalue weighted by Crippen LogP contribution is -2.21. The first-order valence-electron chi connectivity index (χ1n) is 9.49. The van der Waals surface area contributed by atoms with Crippen LogP contribution >= 0.6 is 23.4 Å². The van der Waals surface area contributed by atoms with Gasteiger partial charge in [-0.2, -0.15) is 0 Å². The second kappa shape index (κ2) is 10.3. The van der Waals surface area contributed by atoms with Gasteiger partial charge in [-0.05, 0) is 37.1 Å². The monoisotopic (exact) mass is 478 g/mol. The summed E-state index contributed by atoms with van der Waals surface area (Å²) < 4.78 is 28.4. The van der Waals surface area contributed by atoms with Gasteiger partial charge in [0.15, 0.2) is 5.16 Å². The van der Waals surface area contributed by atoms with E-state index in [0.717, 1.165) is 5.56 Å². The number of sulfonamides is 1. The predicted molar refractivity (Wildman–Crippen MR) is 125 cm³/mol. The van der Waals surface area contributed by atoms with Gasteiger partial charge in [-0.1, -0.05) is 59.8 Å². The first-order chi connectivity index (χ1) is 14.8. The van der Waals surface area contributed by atoms with E-state index in [-0.39, 0.29) is 23.4 Å². The molecule has 3 N–H and O–H groups in total. The summed E-state index contributed by atoms with van der Waals surface area (Å²) in [4.78, 5) is 8.89. The van der Waals surface area contributed by atoms with Crippen LogP contribution in [-0.4, -0.2) is 36.1 Å². The molecule has 0 unspecified atom stereocenters. The smallest absolute Gasteiger partial charge is 0.263 e. The molecule has 1 atom stereocenters. The molecule has 0 spiro atoms. The Balaban J connectivity index is 1.90. The number of nitrogens with one attached hydrogen (secondary N) is 2. The third kappa shape index (κ3) is 6.33. The van der Waals surface area contributed by atoms with Crippen molar-refractivity contribution < 1.29 is 13.5 Å². The number of rotatable bonds is 9. The molecule has 1 aromatic heterocycles. The van der Waals surface area contributed by atoms with Crippen molar-refractivity contribution in [3.05, 3.63) is 70.7 Å². The van der Waals surface area contributed by atoms with Gasteiger partial charge < -0.3 is 10.4 Å². The maximum atomic E-state index is 13.0. The van der Waals surface area contributed by atoms with E-state index in [1.54, 1.807) is 26.0 Å². The number of halogens is 1. The maximum absolute atomic E-state index is 13.0. The van der Waals surface area contributed by atoms with Gasteiger partial charge in [-0.15, -0.1) is 0 Å². The topological polar surface area (TPSA) is 104 Å². The molecule has 1 heterocycles. The van der Waals surface area contributed by atoms with Gasteiger partial charge in [0.2, 0.25) is 0 Å². The van der Waals surface area contributed by atoms with Crippen LogP contribution in [0.15, 0.2) is 64.6 Å². The van der Waals surface area contributed by atoms with Crippen molar-refractivity contribution in [1.82, 2.24) is 9.97 Å². The van der Waals surface area contributed by atoms with E-state index in [9.17, 15) is 13.5 Å². The number of thioether (sulfide) groups is 1. The molecule has 10 heteroatoms. The highest BCUT2D eigenvalue weighted by Crippen LogP contribution is 2.27. The zero-order valence-corrected chi connectivity index (χ0v) is 19.4. The molecule has 0 saturated heterocycles. The van der Waals surface area contributed by atoms with E-state index in [1.165, 1.54) is 23.9 Å². The lowest BCUT2D eigenvalue weighted by molar-refractivity contribution is 0.281. The fraction of sp³-hybridized carbons (Fsp3) is 0.238. The van der Waals surface area contributed by atoms with E-state index in [0.29, 0.717) is 27.3 Å². The van der Waals surface area contributed by atoms with Gasteiger partial charge in [-0.3, -0.25) is 4.72 Å². The minimum atomic E-state index is -3.91. The Hall–Kier alpha value is -2.33. The summed E-state index contributed by atoms with van der Waals surface area (Å²) in [5.41, 5.74) is 1.55. The van der Waals surface area contributed by atoms with Crippen LogP contribution in [0.4, 0.5) is 11.6 Å². The van der Waals surface area contributed by atoms with Crippen molar-refractivity contribution in [2.75, 3.05) is 16.6 Å². The third-order valence-corrected chi connectivity index (χ3v) is 7.16. The SMILES string of the molecule is Cc1c(Cl)cccc1S(=O)(=O)Nc1cc(N[C@H](C)CO)nc(SCc2ccccc2)n1. The second-order valence-corrected chi connectivity index (χ2v) is 9.89. The molecule has 7 nitrogen and oxygen atoms in total. The van der Waals surface area contributed by atoms with Crippen molar-refractivity contribution in [2.45, 2.75) is 35.7 Å². The molecule has 3 aromatic rings. The Morgan fingerprint density at radius 3 is 2.52 bits per heavy atom. The molecule has 31 heavy (non-hydrogen) atoms. The Labute approximate surface area is 191 Å². The van der Waals surface area contributed by atoms with Gasteiger partial charge in [0.25, 0.3) is 10.0 Å². The van der Waals surface area contributed by atoms with Crippen molar-refractivity contribution in [3.63, 3.8) is 0 Å². The van der Waals surface area contributed by atoms with Gasteiger partial charge in [0.05, 0.1) is 11.5 Å². The molecular weight excluding hydrogens is 456 g/mol. The van der Waals surface area contributed by atoms with Crippen LogP contribution in [0.1, 0.15) is 18.1 Å². The van der Waals surface area contributed by atoms with Crippen molar-refractivity contribution >= 4 is 45.0 Å². The highest BCUT2D eigenvalue weighted by Gasteiger charge is 2.20. The number of hydrogen-bond donors (Lipinski definition) is 3. The van der Waals surface area contributed by atoms with Crippen molar-refractivity contribution in [3.8, 4) is 0 Å². The molecule has 0 bridgehead atoms. The van der Waals surface area contributed by atoms with Crippen LogP contribution in [0.25, 0.3) is 0 Å². The summed E-state index contributed by atoms with van der Waals surface area (Å²) in [5, 5.41) is 13.2. The summed E-state index contributed by atoms with van der Waals surface area (Å²) in [6, 6.07) is 15.8. The van der Waals surface area contributed by atoms with E-state index in [1.807, 2.05) is 30.3 Å². The van der Waals surface area contributed by atoms with Crippen LogP contribution in [0.3, 0.4) is 0 Å². The number of nitrogens with zero attached hydrogens (tertiary/aromatic N) is 2. The second-order valence-electron chi connectivity index (χ2n) is 6.89. The predicted octanol–water partition coefficient (Wildman–Crippen LogP) is 4.32. The molecule has 0 aliphatic rings. The lowest BCUT2D eigenvalue weighted by Gasteiger charge is -2.15. The zero-order valence-electron chi connectivity index (χ0n) is 17.0. The van der Waals surface area contributed by atoms with Gasteiger partial charge in [0, 0.05) is 22.9 Å². The lowest BCUT2D eigenvalue weighted by atomic mass is 10.2. The average Bonchev–Trinajstić information content (AvgIpc) is 2.74. The summed E-state index contributed by atoms with van der Waals surface area (Å²) in [7, 11) is -3.91. The van der Waals surface area contributed by atoms with Crippen molar-refractivity contribution in [2.24, 2.45) is 0 Å². The normalized spacial score (nSPS) is 12.4. The molecular formula is C21H23ClN4O3S2. The molecule has 0 aliphatic carbocycles. The standard InChI is InChI=1S/C21H23ClN4O3S2/c1-14(12-27)23-19-11-20(25-21(24-19)30-13-16-7-4-3-5-8-16)26-31(28,29)18-10-6-9-17(22)15(18)2/h3-11,14,27H,12-13H2,1-2H3,(H2,23,24,25,26)/t14-/m1/s1. The number of anilines is 2. The van der Waals surface area contributed by atoms with E-state index >= 15 is 0 Å². The summed E-state index contributed by atoms with van der Waals surface area (Å²) in [5.74, 6) is 1.16. The molecule has 164 valence electrons. The first-order valence-corrected chi connectivity index (χ1v) is 12.3. The number of aliphatic hydroxyl groups excluding tert-OH is 1. The minimum Gasteiger partial charge on any atom is -0.394 e. The van der Waals surface area contributed by atoms with Crippen LogP contribution in [0.2, 0.25) is 5.02 Å². The van der Waals surface area contributed by atoms with Crippen LogP contribution in [0, 0.1) is 6.92 Å². The number of hydrogen-bond acceptors (Lipinski definition) is 7. The fourth-order valence-electron chi connectivity index (χ4n) is 2.71.